The van der Waals surface area contributed by atoms with E-state index in [1.807, 2.05) is 24.3 Å². The number of carbonyl (C=O) groups is 1. The molecule has 1 aromatic heterocycles. The van der Waals surface area contributed by atoms with Gasteiger partial charge in [-0.2, -0.15) is 11.8 Å². The molecule has 0 atom stereocenters. The Balaban J connectivity index is 1.88. The Hall–Kier alpha value is -1.79. The summed E-state index contributed by atoms with van der Waals surface area (Å²) in [5.41, 5.74) is 2.11. The van der Waals surface area contributed by atoms with Crippen LogP contribution in [0, 0.1) is 6.92 Å². The Labute approximate surface area is 146 Å². The maximum atomic E-state index is 12.0. The second-order valence-electron chi connectivity index (χ2n) is 5.71. The number of thioether (sulfide) groups is 1. The van der Waals surface area contributed by atoms with Gasteiger partial charge in [-0.25, -0.2) is 0 Å². The van der Waals surface area contributed by atoms with Gasteiger partial charge >= 0.3 is 0 Å². The summed E-state index contributed by atoms with van der Waals surface area (Å²) in [6.07, 6.45) is 0. The number of H-pyrrole nitrogens is 1. The molecule has 2 aromatic rings. The summed E-state index contributed by atoms with van der Waals surface area (Å²) in [5, 5.41) is 3.83. The molecule has 2 rings (SSSR count). The lowest BCUT2D eigenvalue weighted by Crippen LogP contribution is -2.26. The molecule has 0 saturated carbocycles. The third-order valence-electron chi connectivity index (χ3n) is 3.99. The fourth-order valence-corrected chi connectivity index (χ4v) is 3.28. The molecule has 1 heterocycles. The zero-order chi connectivity index (χ0) is 17.5. The van der Waals surface area contributed by atoms with E-state index in [4.69, 9.17) is 0 Å². The second kappa shape index (κ2) is 8.89. The maximum absolute atomic E-state index is 12.0. The highest BCUT2D eigenvalue weighted by atomic mass is 32.2. The van der Waals surface area contributed by atoms with E-state index in [1.165, 1.54) is 0 Å². The molecular formula is C18H25N3O2S. The molecular weight excluding hydrogens is 322 g/mol. The van der Waals surface area contributed by atoms with Crippen LogP contribution in [-0.4, -0.2) is 46.9 Å². The third-order valence-corrected chi connectivity index (χ3v) is 4.93. The molecule has 1 amide bonds. The van der Waals surface area contributed by atoms with Crippen LogP contribution in [0.4, 0.5) is 5.69 Å². The van der Waals surface area contributed by atoms with Gasteiger partial charge in [0.25, 0.3) is 5.56 Å². The standard InChI is InChI=1S/C18H25N3O2S/c1-4-21(5-2)8-9-24-12-17(22)19-15-6-7-16-14(11-15)10-13(3)18(23)20-16/h6-7,10-11H,4-5,8-9,12H2,1-3H3,(H,19,22)(H,20,23). The van der Waals surface area contributed by atoms with Gasteiger partial charge in [0.2, 0.25) is 5.91 Å². The van der Waals surface area contributed by atoms with Gasteiger partial charge in [-0.3, -0.25) is 9.59 Å². The van der Waals surface area contributed by atoms with Crippen molar-refractivity contribution in [3.05, 3.63) is 40.2 Å². The van der Waals surface area contributed by atoms with Gasteiger partial charge in [0.05, 0.1) is 5.75 Å². The fourth-order valence-electron chi connectivity index (χ4n) is 2.49. The number of hydrogen-bond donors (Lipinski definition) is 2. The van der Waals surface area contributed by atoms with Crippen molar-refractivity contribution in [3.63, 3.8) is 0 Å². The fraction of sp³-hybridized carbons (Fsp3) is 0.444. The highest BCUT2D eigenvalue weighted by Gasteiger charge is 2.06. The van der Waals surface area contributed by atoms with Crippen LogP contribution in [0.3, 0.4) is 0 Å². The normalized spacial score (nSPS) is 11.2. The van der Waals surface area contributed by atoms with E-state index in [1.54, 1.807) is 18.7 Å². The van der Waals surface area contributed by atoms with Gasteiger partial charge < -0.3 is 15.2 Å². The Morgan fingerprint density at radius 1 is 1.25 bits per heavy atom. The SMILES string of the molecule is CCN(CC)CCSCC(=O)Nc1ccc2[nH]c(=O)c(C)cc2c1. The number of pyridine rings is 1. The smallest absolute Gasteiger partial charge is 0.251 e. The molecule has 24 heavy (non-hydrogen) atoms. The van der Waals surface area contributed by atoms with Crippen molar-refractivity contribution >= 4 is 34.3 Å². The van der Waals surface area contributed by atoms with Crippen LogP contribution < -0.4 is 10.9 Å². The molecule has 0 bridgehead atoms. The molecule has 0 aliphatic rings. The van der Waals surface area contributed by atoms with Crippen LogP contribution in [0.25, 0.3) is 10.9 Å². The summed E-state index contributed by atoms with van der Waals surface area (Å²) in [6.45, 7) is 9.17. The quantitative estimate of drug-likeness (QED) is 0.721. The van der Waals surface area contributed by atoms with Crippen LogP contribution in [0.15, 0.2) is 29.1 Å². The zero-order valence-corrected chi connectivity index (χ0v) is 15.3. The van der Waals surface area contributed by atoms with Crippen LogP contribution in [-0.2, 0) is 4.79 Å². The predicted molar refractivity (Wildman–Crippen MR) is 103 cm³/mol. The van der Waals surface area contributed by atoms with Gasteiger partial charge in [0.15, 0.2) is 0 Å². The van der Waals surface area contributed by atoms with Crippen LogP contribution in [0.5, 0.6) is 0 Å². The van der Waals surface area contributed by atoms with Crippen molar-refractivity contribution in [2.45, 2.75) is 20.8 Å². The van der Waals surface area contributed by atoms with Crippen LogP contribution in [0.2, 0.25) is 0 Å². The van der Waals surface area contributed by atoms with E-state index in [0.29, 0.717) is 11.3 Å². The van der Waals surface area contributed by atoms with Crippen molar-refractivity contribution in [1.82, 2.24) is 9.88 Å². The minimum atomic E-state index is -0.0797. The van der Waals surface area contributed by atoms with Gasteiger partial charge in [-0.05, 0) is 44.3 Å². The molecule has 0 saturated heterocycles. The number of anilines is 1. The number of rotatable bonds is 8. The summed E-state index contributed by atoms with van der Waals surface area (Å²) in [4.78, 5) is 28.8. The largest absolute Gasteiger partial charge is 0.325 e. The first-order valence-electron chi connectivity index (χ1n) is 8.27. The molecule has 0 aliphatic heterocycles. The van der Waals surface area contributed by atoms with Crippen molar-refractivity contribution in [3.8, 4) is 0 Å². The van der Waals surface area contributed by atoms with E-state index >= 15 is 0 Å². The average Bonchev–Trinajstić information content (AvgIpc) is 2.56. The van der Waals surface area contributed by atoms with Crippen molar-refractivity contribution in [2.24, 2.45) is 0 Å². The average molecular weight is 347 g/mol. The van der Waals surface area contributed by atoms with Crippen molar-refractivity contribution in [2.75, 3.05) is 36.5 Å². The molecule has 0 fully saturated rings. The van der Waals surface area contributed by atoms with Crippen LogP contribution >= 0.6 is 11.8 Å². The Kier molecular flexibility index (Phi) is 6.87. The number of aromatic amines is 1. The van der Waals surface area contributed by atoms with E-state index in [-0.39, 0.29) is 11.5 Å². The molecule has 0 aliphatic carbocycles. The highest BCUT2D eigenvalue weighted by molar-refractivity contribution is 7.99. The predicted octanol–water partition coefficient (Wildman–Crippen LogP) is 2.85. The third kappa shape index (κ3) is 5.11. The molecule has 0 unspecified atom stereocenters. The Morgan fingerprint density at radius 3 is 2.71 bits per heavy atom. The summed E-state index contributed by atoms with van der Waals surface area (Å²) in [6, 6.07) is 7.35. The summed E-state index contributed by atoms with van der Waals surface area (Å²) >= 11 is 1.65. The first-order chi connectivity index (χ1) is 11.5. The first-order valence-corrected chi connectivity index (χ1v) is 9.42. The van der Waals surface area contributed by atoms with Gasteiger partial charge in [0.1, 0.15) is 0 Å². The Bertz CT molecular complexity index is 754. The minimum absolute atomic E-state index is 0.0000403. The lowest BCUT2D eigenvalue weighted by Gasteiger charge is -2.17. The van der Waals surface area contributed by atoms with E-state index in [9.17, 15) is 9.59 Å². The number of amides is 1. The van der Waals surface area contributed by atoms with Crippen LogP contribution in [0.1, 0.15) is 19.4 Å². The molecule has 0 radical (unpaired) electrons. The minimum Gasteiger partial charge on any atom is -0.325 e. The second-order valence-corrected chi connectivity index (χ2v) is 6.82. The van der Waals surface area contributed by atoms with E-state index in [2.05, 4.69) is 29.0 Å². The Morgan fingerprint density at radius 2 is 2.00 bits per heavy atom. The summed E-state index contributed by atoms with van der Waals surface area (Å²) in [7, 11) is 0. The molecule has 1 aromatic carbocycles. The summed E-state index contributed by atoms with van der Waals surface area (Å²) < 4.78 is 0. The molecule has 6 heteroatoms. The lowest BCUT2D eigenvalue weighted by atomic mass is 10.1. The number of fused-ring (bicyclic) bond motifs is 1. The van der Waals surface area contributed by atoms with Gasteiger partial charge in [-0.15, -0.1) is 0 Å². The number of hydrogen-bond acceptors (Lipinski definition) is 4. The number of aromatic nitrogens is 1. The first kappa shape index (κ1) is 18.5. The van der Waals surface area contributed by atoms with Crippen molar-refractivity contribution < 1.29 is 4.79 Å². The number of carbonyl (C=O) groups excluding carboxylic acids is 1. The number of aryl methyl sites for hydroxylation is 1. The van der Waals surface area contributed by atoms with Gasteiger partial charge in [-0.1, -0.05) is 13.8 Å². The number of nitrogens with one attached hydrogen (secondary N) is 2. The highest BCUT2D eigenvalue weighted by Crippen LogP contribution is 2.17. The van der Waals surface area contributed by atoms with Crippen molar-refractivity contribution in [1.29, 1.82) is 0 Å². The molecule has 2 N–H and O–H groups in total. The molecule has 130 valence electrons. The number of benzene rings is 1. The van der Waals surface area contributed by atoms with Gasteiger partial charge in [0, 0.05) is 34.5 Å². The summed E-state index contributed by atoms with van der Waals surface area (Å²) in [5.74, 6) is 1.40. The monoisotopic (exact) mass is 347 g/mol. The molecule has 0 spiro atoms. The van der Waals surface area contributed by atoms with E-state index in [0.717, 1.165) is 42.0 Å². The topological polar surface area (TPSA) is 65.2 Å². The number of nitrogens with zero attached hydrogens (tertiary/aromatic N) is 1. The molecule has 5 nitrogen and oxygen atoms in total. The maximum Gasteiger partial charge on any atom is 0.251 e. The zero-order valence-electron chi connectivity index (χ0n) is 14.5. The van der Waals surface area contributed by atoms with E-state index < -0.39 is 0 Å². The lowest BCUT2D eigenvalue weighted by molar-refractivity contribution is -0.113.